The van der Waals surface area contributed by atoms with Crippen LogP contribution >= 0.6 is 0 Å². The highest BCUT2D eigenvalue weighted by atomic mass is 16.5. The fraction of sp³-hybridized carbons (Fsp3) is 0.200. The molecule has 0 bridgehead atoms. The Morgan fingerprint density at radius 2 is 1.46 bits per heavy atom. The molecular weight excluding hydrogens is 302 g/mol. The van der Waals surface area contributed by atoms with Crippen molar-refractivity contribution < 1.29 is 14.3 Å². The number of rotatable bonds is 5. The highest BCUT2D eigenvalue weighted by Gasteiger charge is 2.21. The number of hydrogen-bond donors (Lipinski definition) is 0. The first-order valence-corrected chi connectivity index (χ1v) is 7.71. The van der Waals surface area contributed by atoms with Gasteiger partial charge in [0.15, 0.2) is 0 Å². The monoisotopic (exact) mass is 323 g/mol. The van der Waals surface area contributed by atoms with Gasteiger partial charge in [0.2, 0.25) is 5.91 Å². The molecule has 0 fully saturated rings. The number of hydrogen-bond acceptors (Lipinski definition) is 3. The molecule has 0 radical (unpaired) electrons. The molecule has 0 heterocycles. The number of nitrogens with zero attached hydrogens (tertiary/aromatic N) is 1. The lowest BCUT2D eigenvalue weighted by atomic mass is 10.0. The quantitative estimate of drug-likeness (QED) is 0.623. The van der Waals surface area contributed by atoms with E-state index >= 15 is 0 Å². The van der Waals surface area contributed by atoms with Crippen LogP contribution < -0.4 is 4.90 Å². The molecule has 4 heteroatoms. The SMILES string of the molecule is COC(=O)/C(CN(C(C)=O)c1ccccc1)=C(\C)c1ccccc1. The molecule has 0 unspecified atom stereocenters. The lowest BCUT2D eigenvalue weighted by Gasteiger charge is -2.23. The number of anilines is 1. The average Bonchev–Trinajstić information content (AvgIpc) is 2.62. The molecule has 1 amide bonds. The lowest BCUT2D eigenvalue weighted by molar-refractivity contribution is -0.136. The maximum absolute atomic E-state index is 12.3. The van der Waals surface area contributed by atoms with E-state index in [0.29, 0.717) is 5.57 Å². The van der Waals surface area contributed by atoms with Crippen LogP contribution in [0.2, 0.25) is 0 Å². The third kappa shape index (κ3) is 4.10. The summed E-state index contributed by atoms with van der Waals surface area (Å²) >= 11 is 0. The highest BCUT2D eigenvalue weighted by molar-refractivity contribution is 6.01. The first kappa shape index (κ1) is 17.5. The summed E-state index contributed by atoms with van der Waals surface area (Å²) in [6.45, 7) is 3.51. The normalized spacial score (nSPS) is 11.5. The number of methoxy groups -OCH3 is 1. The Morgan fingerprint density at radius 1 is 0.917 bits per heavy atom. The van der Waals surface area contributed by atoms with Crippen molar-refractivity contribution in [1.29, 1.82) is 0 Å². The fourth-order valence-corrected chi connectivity index (χ4v) is 2.47. The van der Waals surface area contributed by atoms with Gasteiger partial charge in [0.25, 0.3) is 0 Å². The smallest absolute Gasteiger partial charge is 0.335 e. The van der Waals surface area contributed by atoms with Crippen LogP contribution in [0.5, 0.6) is 0 Å². The number of carbonyl (C=O) groups is 2. The van der Waals surface area contributed by atoms with Crippen molar-refractivity contribution in [2.45, 2.75) is 13.8 Å². The van der Waals surface area contributed by atoms with Crippen LogP contribution in [0.25, 0.3) is 5.57 Å². The van der Waals surface area contributed by atoms with Crippen LogP contribution in [-0.4, -0.2) is 25.5 Å². The van der Waals surface area contributed by atoms with E-state index in [4.69, 9.17) is 4.74 Å². The van der Waals surface area contributed by atoms with Crippen molar-refractivity contribution in [3.63, 3.8) is 0 Å². The zero-order valence-corrected chi connectivity index (χ0v) is 14.2. The Morgan fingerprint density at radius 3 is 1.96 bits per heavy atom. The summed E-state index contributed by atoms with van der Waals surface area (Å²) < 4.78 is 4.94. The molecule has 0 N–H and O–H groups in total. The molecule has 0 aliphatic heterocycles. The van der Waals surface area contributed by atoms with Crippen LogP contribution in [0.15, 0.2) is 66.2 Å². The molecule has 0 atom stereocenters. The zero-order chi connectivity index (χ0) is 17.5. The molecule has 0 aliphatic carbocycles. The van der Waals surface area contributed by atoms with E-state index in [9.17, 15) is 9.59 Å². The molecule has 4 nitrogen and oxygen atoms in total. The van der Waals surface area contributed by atoms with Crippen LogP contribution in [0.3, 0.4) is 0 Å². The van der Waals surface area contributed by atoms with Gasteiger partial charge in [-0.3, -0.25) is 4.79 Å². The predicted octanol–water partition coefficient (Wildman–Crippen LogP) is 3.69. The van der Waals surface area contributed by atoms with E-state index < -0.39 is 5.97 Å². The lowest BCUT2D eigenvalue weighted by Crippen LogP contribution is -2.33. The summed E-state index contributed by atoms with van der Waals surface area (Å²) in [5, 5.41) is 0. The van der Waals surface area contributed by atoms with Crippen molar-refractivity contribution in [2.75, 3.05) is 18.6 Å². The molecule has 0 saturated carbocycles. The molecule has 0 saturated heterocycles. The molecule has 124 valence electrons. The third-order valence-electron chi connectivity index (χ3n) is 3.86. The first-order chi connectivity index (χ1) is 11.5. The Labute approximate surface area is 142 Å². The number of para-hydroxylation sites is 1. The van der Waals surface area contributed by atoms with Crippen molar-refractivity contribution in [3.05, 3.63) is 71.8 Å². The van der Waals surface area contributed by atoms with Crippen LogP contribution in [0, 0.1) is 0 Å². The molecule has 0 aromatic heterocycles. The van der Waals surface area contributed by atoms with Crippen LogP contribution in [-0.2, 0) is 14.3 Å². The van der Waals surface area contributed by atoms with Gasteiger partial charge in [0.05, 0.1) is 19.2 Å². The van der Waals surface area contributed by atoms with Gasteiger partial charge in [-0.05, 0) is 30.2 Å². The van der Waals surface area contributed by atoms with Gasteiger partial charge in [-0.1, -0.05) is 48.5 Å². The van der Waals surface area contributed by atoms with Gasteiger partial charge in [-0.25, -0.2) is 4.79 Å². The Balaban J connectivity index is 2.45. The van der Waals surface area contributed by atoms with E-state index in [2.05, 4.69) is 0 Å². The summed E-state index contributed by atoms with van der Waals surface area (Å²) in [7, 11) is 1.35. The van der Waals surface area contributed by atoms with E-state index in [0.717, 1.165) is 16.8 Å². The van der Waals surface area contributed by atoms with Crippen molar-refractivity contribution >= 4 is 23.1 Å². The van der Waals surface area contributed by atoms with Crippen molar-refractivity contribution in [1.82, 2.24) is 0 Å². The molecule has 0 aliphatic rings. The summed E-state index contributed by atoms with van der Waals surface area (Å²) in [4.78, 5) is 26.0. The minimum absolute atomic E-state index is 0.136. The molecule has 2 aromatic carbocycles. The fourth-order valence-electron chi connectivity index (χ4n) is 2.47. The predicted molar refractivity (Wildman–Crippen MR) is 95.5 cm³/mol. The van der Waals surface area contributed by atoms with Crippen LogP contribution in [0.4, 0.5) is 5.69 Å². The highest BCUT2D eigenvalue weighted by Crippen LogP contribution is 2.22. The Bertz CT molecular complexity index is 736. The number of ether oxygens (including phenoxy) is 1. The standard InChI is InChI=1S/C20H21NO3/c1-15(17-10-6-4-7-11-17)19(20(23)24-3)14-21(16(2)22)18-12-8-5-9-13-18/h4-13H,14H2,1-3H3/b19-15+. The summed E-state index contributed by atoms with van der Waals surface area (Å²) in [5.74, 6) is -0.568. The minimum atomic E-state index is -0.432. The van der Waals surface area contributed by atoms with E-state index in [1.54, 1.807) is 4.90 Å². The maximum Gasteiger partial charge on any atom is 0.335 e. The van der Waals surface area contributed by atoms with Gasteiger partial charge < -0.3 is 9.64 Å². The summed E-state index contributed by atoms with van der Waals surface area (Å²) in [5.41, 5.74) is 2.93. The van der Waals surface area contributed by atoms with Gasteiger partial charge in [0.1, 0.15) is 0 Å². The molecule has 0 spiro atoms. The number of esters is 1. The van der Waals surface area contributed by atoms with Gasteiger partial charge in [-0.2, -0.15) is 0 Å². The van der Waals surface area contributed by atoms with Crippen LogP contribution in [0.1, 0.15) is 19.4 Å². The van der Waals surface area contributed by atoms with E-state index in [1.807, 2.05) is 67.6 Å². The van der Waals surface area contributed by atoms with E-state index in [-0.39, 0.29) is 12.5 Å². The molecule has 2 rings (SSSR count). The molecule has 24 heavy (non-hydrogen) atoms. The third-order valence-corrected chi connectivity index (χ3v) is 3.86. The topological polar surface area (TPSA) is 46.6 Å². The zero-order valence-electron chi connectivity index (χ0n) is 14.2. The van der Waals surface area contributed by atoms with Crippen molar-refractivity contribution in [3.8, 4) is 0 Å². The van der Waals surface area contributed by atoms with Gasteiger partial charge in [-0.15, -0.1) is 0 Å². The Kier molecular flexibility index (Phi) is 5.90. The average molecular weight is 323 g/mol. The van der Waals surface area contributed by atoms with Gasteiger partial charge >= 0.3 is 5.97 Å². The summed E-state index contributed by atoms with van der Waals surface area (Å²) in [6.07, 6.45) is 0. The maximum atomic E-state index is 12.3. The van der Waals surface area contributed by atoms with E-state index in [1.165, 1.54) is 14.0 Å². The summed E-state index contributed by atoms with van der Waals surface area (Å²) in [6, 6.07) is 18.9. The second kappa shape index (κ2) is 8.11. The molecular formula is C20H21NO3. The number of allylic oxidation sites excluding steroid dienone is 1. The largest absolute Gasteiger partial charge is 0.466 e. The molecule has 2 aromatic rings. The second-order valence-electron chi connectivity index (χ2n) is 5.40. The first-order valence-electron chi connectivity index (χ1n) is 7.71. The minimum Gasteiger partial charge on any atom is -0.466 e. The Hall–Kier alpha value is -2.88. The second-order valence-corrected chi connectivity index (χ2v) is 5.40. The number of carbonyl (C=O) groups excluding carboxylic acids is 2. The van der Waals surface area contributed by atoms with Crippen molar-refractivity contribution in [2.24, 2.45) is 0 Å². The number of benzene rings is 2. The van der Waals surface area contributed by atoms with Gasteiger partial charge in [0, 0.05) is 12.6 Å². The number of amides is 1.